The standard InChI is InChI=1S/C10H20N2O3/c1-2-4-8(11)7-9(13)12-6-3-5-10(14)15/h8H,2-7,11H2,1H3,(H,12,13)(H,14,15). The average molecular weight is 216 g/mol. The summed E-state index contributed by atoms with van der Waals surface area (Å²) < 4.78 is 0. The van der Waals surface area contributed by atoms with Crippen molar-refractivity contribution in [3.05, 3.63) is 0 Å². The van der Waals surface area contributed by atoms with Crippen molar-refractivity contribution in [2.24, 2.45) is 5.73 Å². The number of amides is 1. The number of nitrogens with two attached hydrogens (primary N) is 1. The van der Waals surface area contributed by atoms with Gasteiger partial charge in [0.25, 0.3) is 0 Å². The smallest absolute Gasteiger partial charge is 0.303 e. The van der Waals surface area contributed by atoms with Crippen LogP contribution in [0.1, 0.15) is 39.0 Å². The van der Waals surface area contributed by atoms with Crippen LogP contribution in [0, 0.1) is 0 Å². The van der Waals surface area contributed by atoms with Crippen LogP contribution in [0.4, 0.5) is 0 Å². The maximum atomic E-state index is 11.2. The molecule has 0 spiro atoms. The van der Waals surface area contributed by atoms with Crippen molar-refractivity contribution in [2.45, 2.75) is 45.1 Å². The van der Waals surface area contributed by atoms with E-state index in [1.165, 1.54) is 0 Å². The highest BCUT2D eigenvalue weighted by molar-refractivity contribution is 5.76. The Morgan fingerprint density at radius 2 is 2.13 bits per heavy atom. The van der Waals surface area contributed by atoms with Gasteiger partial charge in [-0.3, -0.25) is 9.59 Å². The summed E-state index contributed by atoms with van der Waals surface area (Å²) in [7, 11) is 0. The topological polar surface area (TPSA) is 92.4 Å². The summed E-state index contributed by atoms with van der Waals surface area (Å²) in [5.41, 5.74) is 5.68. The van der Waals surface area contributed by atoms with Gasteiger partial charge in [0.15, 0.2) is 0 Å². The van der Waals surface area contributed by atoms with E-state index in [1.54, 1.807) is 0 Å². The van der Waals surface area contributed by atoms with Crippen LogP contribution in [0.15, 0.2) is 0 Å². The number of hydrogen-bond donors (Lipinski definition) is 3. The molecule has 0 aromatic rings. The zero-order valence-electron chi connectivity index (χ0n) is 9.16. The van der Waals surface area contributed by atoms with Crippen LogP contribution in [-0.2, 0) is 9.59 Å². The van der Waals surface area contributed by atoms with Crippen molar-refractivity contribution in [2.75, 3.05) is 6.54 Å². The molecule has 5 nitrogen and oxygen atoms in total. The van der Waals surface area contributed by atoms with Gasteiger partial charge in [-0.25, -0.2) is 0 Å². The van der Waals surface area contributed by atoms with Crippen molar-refractivity contribution in [3.63, 3.8) is 0 Å². The Bertz CT molecular complexity index is 207. The highest BCUT2D eigenvalue weighted by Gasteiger charge is 2.07. The minimum atomic E-state index is -0.841. The lowest BCUT2D eigenvalue weighted by atomic mass is 10.1. The first-order valence-corrected chi connectivity index (χ1v) is 5.30. The summed E-state index contributed by atoms with van der Waals surface area (Å²) >= 11 is 0. The third-order valence-corrected chi connectivity index (χ3v) is 2.00. The molecule has 4 N–H and O–H groups in total. The highest BCUT2D eigenvalue weighted by atomic mass is 16.4. The van der Waals surface area contributed by atoms with Gasteiger partial charge in [-0.2, -0.15) is 0 Å². The van der Waals surface area contributed by atoms with E-state index in [0.29, 0.717) is 19.4 Å². The van der Waals surface area contributed by atoms with E-state index >= 15 is 0 Å². The Morgan fingerprint density at radius 3 is 2.67 bits per heavy atom. The molecule has 5 heteroatoms. The van der Waals surface area contributed by atoms with Gasteiger partial charge in [0.2, 0.25) is 5.91 Å². The first-order valence-electron chi connectivity index (χ1n) is 5.30. The van der Waals surface area contributed by atoms with Crippen LogP contribution >= 0.6 is 0 Å². The van der Waals surface area contributed by atoms with Crippen LogP contribution < -0.4 is 11.1 Å². The average Bonchev–Trinajstić information content (AvgIpc) is 2.12. The van der Waals surface area contributed by atoms with Crippen LogP contribution in [0.2, 0.25) is 0 Å². The molecule has 0 fully saturated rings. The Kier molecular flexibility index (Phi) is 7.62. The third-order valence-electron chi connectivity index (χ3n) is 2.00. The van der Waals surface area contributed by atoms with E-state index in [0.717, 1.165) is 12.8 Å². The number of carbonyl (C=O) groups is 2. The molecule has 0 aliphatic heterocycles. The molecule has 1 amide bonds. The number of carbonyl (C=O) groups excluding carboxylic acids is 1. The van der Waals surface area contributed by atoms with Crippen molar-refractivity contribution in [1.82, 2.24) is 5.32 Å². The lowest BCUT2D eigenvalue weighted by Crippen LogP contribution is -2.32. The number of hydrogen-bond acceptors (Lipinski definition) is 3. The van der Waals surface area contributed by atoms with Crippen molar-refractivity contribution >= 4 is 11.9 Å². The fourth-order valence-corrected chi connectivity index (χ4v) is 1.25. The Morgan fingerprint density at radius 1 is 1.47 bits per heavy atom. The molecule has 0 aromatic heterocycles. The largest absolute Gasteiger partial charge is 0.481 e. The molecule has 15 heavy (non-hydrogen) atoms. The Balaban J connectivity index is 3.44. The van der Waals surface area contributed by atoms with Gasteiger partial charge in [-0.05, 0) is 12.8 Å². The van der Waals surface area contributed by atoms with E-state index in [9.17, 15) is 9.59 Å². The lowest BCUT2D eigenvalue weighted by molar-refractivity contribution is -0.137. The molecule has 0 radical (unpaired) electrons. The van der Waals surface area contributed by atoms with Gasteiger partial charge in [0, 0.05) is 25.4 Å². The summed E-state index contributed by atoms with van der Waals surface area (Å²) in [6, 6.07) is -0.0885. The van der Waals surface area contributed by atoms with Crippen LogP contribution in [0.25, 0.3) is 0 Å². The molecule has 0 aliphatic carbocycles. The van der Waals surface area contributed by atoms with Crippen LogP contribution in [0.5, 0.6) is 0 Å². The predicted octanol–water partition coefficient (Wildman–Crippen LogP) is 0.485. The minimum Gasteiger partial charge on any atom is -0.481 e. The zero-order valence-corrected chi connectivity index (χ0v) is 9.16. The number of carboxylic acid groups (broad SMARTS) is 1. The Labute approximate surface area is 90.0 Å². The first kappa shape index (κ1) is 13.9. The molecule has 0 aromatic carbocycles. The molecule has 1 atom stereocenters. The van der Waals surface area contributed by atoms with E-state index in [1.807, 2.05) is 6.92 Å². The van der Waals surface area contributed by atoms with Crippen LogP contribution in [0.3, 0.4) is 0 Å². The molecule has 0 aliphatic rings. The molecule has 0 saturated heterocycles. The molecule has 1 unspecified atom stereocenters. The van der Waals surface area contributed by atoms with Gasteiger partial charge in [-0.15, -0.1) is 0 Å². The number of aliphatic carboxylic acids is 1. The predicted molar refractivity (Wildman–Crippen MR) is 57.4 cm³/mol. The lowest BCUT2D eigenvalue weighted by Gasteiger charge is -2.09. The molecule has 0 heterocycles. The summed E-state index contributed by atoms with van der Waals surface area (Å²) in [6.07, 6.45) is 2.67. The molecule has 0 bridgehead atoms. The molecular formula is C10H20N2O3. The molecule has 0 saturated carbocycles. The van der Waals surface area contributed by atoms with Crippen LogP contribution in [-0.4, -0.2) is 29.6 Å². The molecule has 88 valence electrons. The molecular weight excluding hydrogens is 196 g/mol. The quantitative estimate of drug-likeness (QED) is 0.515. The minimum absolute atomic E-state index is 0.0846. The van der Waals surface area contributed by atoms with Gasteiger partial charge in [0.05, 0.1) is 0 Å². The fourth-order valence-electron chi connectivity index (χ4n) is 1.25. The SMILES string of the molecule is CCCC(N)CC(=O)NCCCC(=O)O. The second-order valence-electron chi connectivity index (χ2n) is 3.60. The summed E-state index contributed by atoms with van der Waals surface area (Å²) in [5, 5.41) is 11.0. The fraction of sp³-hybridized carbons (Fsp3) is 0.800. The van der Waals surface area contributed by atoms with E-state index in [-0.39, 0.29) is 18.4 Å². The monoisotopic (exact) mass is 216 g/mol. The number of nitrogens with one attached hydrogen (secondary N) is 1. The summed E-state index contributed by atoms with van der Waals surface area (Å²) in [4.78, 5) is 21.4. The van der Waals surface area contributed by atoms with Gasteiger partial charge < -0.3 is 16.2 Å². The summed E-state index contributed by atoms with van der Waals surface area (Å²) in [5.74, 6) is -0.937. The first-order chi connectivity index (χ1) is 7.06. The second-order valence-corrected chi connectivity index (χ2v) is 3.60. The van der Waals surface area contributed by atoms with Gasteiger partial charge in [0.1, 0.15) is 0 Å². The highest BCUT2D eigenvalue weighted by Crippen LogP contribution is 1.98. The van der Waals surface area contributed by atoms with Crippen molar-refractivity contribution < 1.29 is 14.7 Å². The van der Waals surface area contributed by atoms with E-state index < -0.39 is 5.97 Å². The summed E-state index contributed by atoms with van der Waals surface area (Å²) in [6.45, 7) is 2.43. The second kappa shape index (κ2) is 8.23. The van der Waals surface area contributed by atoms with E-state index in [2.05, 4.69) is 5.32 Å². The van der Waals surface area contributed by atoms with Crippen molar-refractivity contribution in [3.8, 4) is 0 Å². The number of rotatable bonds is 8. The maximum Gasteiger partial charge on any atom is 0.303 e. The van der Waals surface area contributed by atoms with E-state index in [4.69, 9.17) is 10.8 Å². The zero-order chi connectivity index (χ0) is 11.7. The number of carboxylic acids is 1. The third kappa shape index (κ3) is 9.21. The normalized spacial score (nSPS) is 12.1. The maximum absolute atomic E-state index is 11.2. The Hall–Kier alpha value is -1.10. The van der Waals surface area contributed by atoms with Gasteiger partial charge >= 0.3 is 5.97 Å². The van der Waals surface area contributed by atoms with Crippen molar-refractivity contribution in [1.29, 1.82) is 0 Å². The van der Waals surface area contributed by atoms with Gasteiger partial charge in [-0.1, -0.05) is 13.3 Å². The molecule has 0 rings (SSSR count).